The van der Waals surface area contributed by atoms with Gasteiger partial charge in [0.15, 0.2) is 0 Å². The third-order valence-corrected chi connectivity index (χ3v) is 5.29. The summed E-state index contributed by atoms with van der Waals surface area (Å²) in [4.78, 5) is 9.39. The van der Waals surface area contributed by atoms with E-state index >= 15 is 0 Å². The molecule has 2 heterocycles. The Kier molecular flexibility index (Phi) is 5.27. The van der Waals surface area contributed by atoms with Crippen LogP contribution in [0.15, 0.2) is 36.7 Å². The first-order valence-electron chi connectivity index (χ1n) is 8.67. The van der Waals surface area contributed by atoms with Gasteiger partial charge in [-0.2, -0.15) is 0 Å². The highest BCUT2D eigenvalue weighted by Crippen LogP contribution is 2.36. The fourth-order valence-corrected chi connectivity index (χ4v) is 4.23. The molecule has 1 aliphatic heterocycles. The number of hydrogen-bond donors (Lipinski definition) is 0. The maximum atomic E-state index is 4.32. The molecule has 1 aromatic rings. The molecule has 0 saturated carbocycles. The van der Waals surface area contributed by atoms with Gasteiger partial charge in [-0.3, -0.25) is 9.88 Å². The van der Waals surface area contributed by atoms with E-state index in [1.54, 1.807) is 0 Å². The van der Waals surface area contributed by atoms with Gasteiger partial charge >= 0.3 is 0 Å². The fraction of sp³-hybridized carbons (Fsp3) is 0.632. The van der Waals surface area contributed by atoms with Gasteiger partial charge in [-0.25, -0.2) is 0 Å². The molecule has 0 spiro atoms. The smallest absolute Gasteiger partial charge is 0.0401 e. The Bertz CT molecular complexity index is 485. The molecule has 3 atom stereocenters. The van der Waals surface area contributed by atoms with Gasteiger partial charge in [0.05, 0.1) is 0 Å². The van der Waals surface area contributed by atoms with E-state index in [1.807, 2.05) is 12.4 Å². The van der Waals surface area contributed by atoms with Crippen LogP contribution in [0.5, 0.6) is 0 Å². The van der Waals surface area contributed by atoms with Crippen LogP contribution in [0.1, 0.15) is 37.3 Å². The van der Waals surface area contributed by atoms with Crippen molar-refractivity contribution < 1.29 is 0 Å². The van der Waals surface area contributed by atoms with E-state index in [1.165, 1.54) is 50.9 Å². The standard InChI is InChI=1S/C19H29N3/c1-21(14-16-7-4-3-5-8-16)15-18-10-12-22(2)19(18)17-9-6-11-20-13-17/h3-4,6,9,11,13,16,18-19H,5,7-8,10,12,14-15H2,1-2H3/t16-,18+,19+/m1/s1. The van der Waals surface area contributed by atoms with E-state index < -0.39 is 0 Å². The van der Waals surface area contributed by atoms with Gasteiger partial charge in [-0.15, -0.1) is 0 Å². The summed E-state index contributed by atoms with van der Waals surface area (Å²) < 4.78 is 0. The first kappa shape index (κ1) is 15.7. The van der Waals surface area contributed by atoms with Crippen LogP contribution in [0, 0.1) is 11.8 Å². The molecule has 0 unspecified atom stereocenters. The van der Waals surface area contributed by atoms with Crippen LogP contribution in [0.25, 0.3) is 0 Å². The van der Waals surface area contributed by atoms with Crippen molar-refractivity contribution in [2.75, 3.05) is 33.7 Å². The lowest BCUT2D eigenvalue weighted by molar-refractivity contribution is 0.195. The highest BCUT2D eigenvalue weighted by Gasteiger charge is 2.33. The second-order valence-corrected chi connectivity index (χ2v) is 7.13. The molecule has 0 amide bonds. The Morgan fingerprint density at radius 1 is 1.27 bits per heavy atom. The van der Waals surface area contributed by atoms with Crippen LogP contribution >= 0.6 is 0 Å². The van der Waals surface area contributed by atoms with Gasteiger partial charge in [-0.1, -0.05) is 18.2 Å². The molecule has 1 aliphatic carbocycles. The van der Waals surface area contributed by atoms with E-state index in [0.717, 1.165) is 11.8 Å². The summed E-state index contributed by atoms with van der Waals surface area (Å²) in [5, 5.41) is 0. The molecule has 3 heteroatoms. The minimum absolute atomic E-state index is 0.530. The van der Waals surface area contributed by atoms with Gasteiger partial charge in [0.2, 0.25) is 0 Å². The largest absolute Gasteiger partial charge is 0.306 e. The molecule has 1 saturated heterocycles. The molecule has 0 radical (unpaired) electrons. The van der Waals surface area contributed by atoms with E-state index in [-0.39, 0.29) is 0 Å². The summed E-state index contributed by atoms with van der Waals surface area (Å²) >= 11 is 0. The zero-order chi connectivity index (χ0) is 15.4. The quantitative estimate of drug-likeness (QED) is 0.777. The SMILES string of the molecule is CN(C[C@@H]1CC=CCC1)C[C@@H]1CCN(C)[C@H]1c1cccnc1. The van der Waals surface area contributed by atoms with Crippen molar-refractivity contribution in [3.05, 3.63) is 42.2 Å². The number of allylic oxidation sites excluding steroid dienone is 2. The molecular formula is C19H29N3. The molecule has 2 aliphatic rings. The van der Waals surface area contributed by atoms with Crippen LogP contribution < -0.4 is 0 Å². The maximum Gasteiger partial charge on any atom is 0.0401 e. The Morgan fingerprint density at radius 2 is 2.18 bits per heavy atom. The number of nitrogens with zero attached hydrogens (tertiary/aromatic N) is 3. The Labute approximate surface area is 135 Å². The van der Waals surface area contributed by atoms with Crippen molar-refractivity contribution in [3.63, 3.8) is 0 Å². The first-order chi connectivity index (χ1) is 10.7. The molecule has 0 N–H and O–H groups in total. The summed E-state index contributed by atoms with van der Waals surface area (Å²) in [6.07, 6.45) is 13.8. The summed E-state index contributed by atoms with van der Waals surface area (Å²) in [6, 6.07) is 4.83. The first-order valence-corrected chi connectivity index (χ1v) is 8.67. The molecule has 1 fully saturated rings. The zero-order valence-corrected chi connectivity index (χ0v) is 14.0. The normalized spacial score (nSPS) is 29.3. The van der Waals surface area contributed by atoms with Gasteiger partial charge in [-0.05, 0) is 69.8 Å². The predicted octanol–water partition coefficient (Wildman–Crippen LogP) is 3.36. The second-order valence-electron chi connectivity index (χ2n) is 7.13. The molecule has 0 bridgehead atoms. The predicted molar refractivity (Wildman–Crippen MR) is 91.7 cm³/mol. The van der Waals surface area contributed by atoms with Crippen molar-refractivity contribution in [1.29, 1.82) is 0 Å². The van der Waals surface area contributed by atoms with Crippen LogP contribution in [0.4, 0.5) is 0 Å². The minimum Gasteiger partial charge on any atom is -0.306 e. The van der Waals surface area contributed by atoms with Crippen molar-refractivity contribution in [1.82, 2.24) is 14.8 Å². The average Bonchev–Trinajstić information content (AvgIpc) is 2.89. The lowest BCUT2D eigenvalue weighted by Crippen LogP contribution is -2.33. The Balaban J connectivity index is 1.59. The molecule has 3 rings (SSSR count). The number of aromatic nitrogens is 1. The van der Waals surface area contributed by atoms with Gasteiger partial charge in [0.1, 0.15) is 0 Å². The summed E-state index contributed by atoms with van der Waals surface area (Å²) in [5.41, 5.74) is 1.38. The fourth-order valence-electron chi connectivity index (χ4n) is 4.23. The topological polar surface area (TPSA) is 19.4 Å². The molecule has 3 nitrogen and oxygen atoms in total. The molecule has 22 heavy (non-hydrogen) atoms. The lowest BCUT2D eigenvalue weighted by atomic mass is 9.92. The highest BCUT2D eigenvalue weighted by molar-refractivity contribution is 5.17. The molecule has 0 aromatic carbocycles. The number of hydrogen-bond acceptors (Lipinski definition) is 3. The third kappa shape index (κ3) is 3.76. The average molecular weight is 299 g/mol. The van der Waals surface area contributed by atoms with E-state index in [9.17, 15) is 0 Å². The van der Waals surface area contributed by atoms with Gasteiger partial charge in [0, 0.05) is 31.5 Å². The van der Waals surface area contributed by atoms with Crippen LogP contribution in [0.3, 0.4) is 0 Å². The number of rotatable bonds is 5. The van der Waals surface area contributed by atoms with Gasteiger partial charge in [0.25, 0.3) is 0 Å². The summed E-state index contributed by atoms with van der Waals surface area (Å²) in [7, 11) is 4.56. The molecule has 120 valence electrons. The Morgan fingerprint density at radius 3 is 2.91 bits per heavy atom. The lowest BCUT2D eigenvalue weighted by Gasteiger charge is -2.31. The summed E-state index contributed by atoms with van der Waals surface area (Å²) in [6.45, 7) is 3.64. The highest BCUT2D eigenvalue weighted by atomic mass is 15.2. The van der Waals surface area contributed by atoms with Crippen LogP contribution in [0.2, 0.25) is 0 Å². The van der Waals surface area contributed by atoms with E-state index in [2.05, 4.69) is 53.2 Å². The van der Waals surface area contributed by atoms with Crippen molar-refractivity contribution in [2.24, 2.45) is 11.8 Å². The van der Waals surface area contributed by atoms with E-state index in [0.29, 0.717) is 6.04 Å². The summed E-state index contributed by atoms with van der Waals surface area (Å²) in [5.74, 6) is 1.57. The van der Waals surface area contributed by atoms with Crippen molar-refractivity contribution >= 4 is 0 Å². The third-order valence-electron chi connectivity index (χ3n) is 5.29. The van der Waals surface area contributed by atoms with Gasteiger partial charge < -0.3 is 4.90 Å². The minimum atomic E-state index is 0.530. The zero-order valence-electron chi connectivity index (χ0n) is 14.0. The van der Waals surface area contributed by atoms with Crippen LogP contribution in [-0.4, -0.2) is 48.5 Å². The number of likely N-dealkylation sites (tertiary alicyclic amines) is 1. The Hall–Kier alpha value is -1.19. The van der Waals surface area contributed by atoms with Crippen molar-refractivity contribution in [3.8, 4) is 0 Å². The van der Waals surface area contributed by atoms with E-state index in [4.69, 9.17) is 0 Å². The number of pyridine rings is 1. The van der Waals surface area contributed by atoms with Crippen molar-refractivity contribution in [2.45, 2.75) is 31.7 Å². The maximum absolute atomic E-state index is 4.32. The van der Waals surface area contributed by atoms with Crippen LogP contribution in [-0.2, 0) is 0 Å². The molecule has 1 aromatic heterocycles. The molecular weight excluding hydrogens is 270 g/mol. The second kappa shape index (κ2) is 7.38. The monoisotopic (exact) mass is 299 g/mol.